The molecule has 2 atom stereocenters. The molecule has 1 aliphatic heterocycles. The monoisotopic (exact) mass is 335 g/mol. The summed E-state index contributed by atoms with van der Waals surface area (Å²) in [6.07, 6.45) is 2.95. The molecule has 0 radical (unpaired) electrons. The van der Waals surface area contributed by atoms with Gasteiger partial charge in [-0.1, -0.05) is 30.3 Å². The molecule has 0 N–H and O–H groups in total. The van der Waals surface area contributed by atoms with Crippen LogP contribution < -0.4 is 0 Å². The topological polar surface area (TPSA) is 48.0 Å². The smallest absolute Gasteiger partial charge is 0.251 e. The van der Waals surface area contributed by atoms with Crippen molar-refractivity contribution in [3.05, 3.63) is 35.9 Å². The molecule has 24 heavy (non-hydrogen) atoms. The lowest BCUT2D eigenvalue weighted by atomic mass is 10.1. The first-order chi connectivity index (χ1) is 11.7. The molecule has 5 nitrogen and oxygen atoms in total. The van der Waals surface area contributed by atoms with Crippen LogP contribution in [0.15, 0.2) is 30.3 Å². The first kappa shape index (κ1) is 18.9. The van der Waals surface area contributed by atoms with Gasteiger partial charge < -0.3 is 19.1 Å². The van der Waals surface area contributed by atoms with E-state index in [1.54, 1.807) is 12.0 Å². The molecule has 5 heteroatoms. The van der Waals surface area contributed by atoms with Crippen LogP contribution in [0.5, 0.6) is 0 Å². The number of nitrogens with zero attached hydrogens (tertiary/aromatic N) is 1. The molecule has 1 amide bonds. The van der Waals surface area contributed by atoms with E-state index < -0.39 is 6.10 Å². The fourth-order valence-electron chi connectivity index (χ4n) is 2.79. The van der Waals surface area contributed by atoms with E-state index in [0.29, 0.717) is 26.3 Å². The highest BCUT2D eigenvalue weighted by Gasteiger charge is 2.23. The minimum atomic E-state index is -0.476. The van der Waals surface area contributed by atoms with Crippen LogP contribution in [0.25, 0.3) is 0 Å². The average Bonchev–Trinajstić information content (AvgIpc) is 2.64. The number of hydrogen-bond acceptors (Lipinski definition) is 4. The molecule has 134 valence electrons. The van der Waals surface area contributed by atoms with Gasteiger partial charge in [0.05, 0.1) is 19.3 Å². The summed E-state index contributed by atoms with van der Waals surface area (Å²) in [5.74, 6) is -0.00767. The second kappa shape index (κ2) is 10.4. The molecule has 0 spiro atoms. The average molecular weight is 335 g/mol. The fourth-order valence-corrected chi connectivity index (χ4v) is 2.79. The lowest BCUT2D eigenvalue weighted by molar-refractivity contribution is -0.147. The molecule has 1 fully saturated rings. The van der Waals surface area contributed by atoms with Crippen LogP contribution in [0.1, 0.15) is 31.7 Å². The van der Waals surface area contributed by atoms with Gasteiger partial charge in [-0.15, -0.1) is 0 Å². The van der Waals surface area contributed by atoms with Crippen LogP contribution in [0.2, 0.25) is 0 Å². The normalized spacial score (nSPS) is 19.0. The van der Waals surface area contributed by atoms with E-state index >= 15 is 0 Å². The van der Waals surface area contributed by atoms with Gasteiger partial charge in [-0.25, -0.2) is 0 Å². The number of carbonyl (C=O) groups is 1. The van der Waals surface area contributed by atoms with Gasteiger partial charge in [0.25, 0.3) is 5.91 Å². The van der Waals surface area contributed by atoms with Crippen molar-refractivity contribution < 1.29 is 19.0 Å². The largest absolute Gasteiger partial charge is 0.383 e. The third kappa shape index (κ3) is 6.23. The second-order valence-electron chi connectivity index (χ2n) is 6.20. The number of rotatable bonds is 9. The lowest BCUT2D eigenvalue weighted by Gasteiger charge is -2.28. The molecule has 1 aromatic carbocycles. The van der Waals surface area contributed by atoms with E-state index in [4.69, 9.17) is 14.2 Å². The Hall–Kier alpha value is -1.43. The van der Waals surface area contributed by atoms with Crippen LogP contribution in [0.4, 0.5) is 0 Å². The Morgan fingerprint density at radius 2 is 2.12 bits per heavy atom. The highest BCUT2D eigenvalue weighted by Crippen LogP contribution is 2.14. The lowest BCUT2D eigenvalue weighted by Crippen LogP contribution is -2.41. The Kier molecular flexibility index (Phi) is 8.22. The highest BCUT2D eigenvalue weighted by atomic mass is 16.5. The number of benzene rings is 1. The van der Waals surface area contributed by atoms with Gasteiger partial charge in [-0.05, 0) is 31.7 Å². The van der Waals surface area contributed by atoms with E-state index in [1.165, 1.54) is 6.42 Å². The van der Waals surface area contributed by atoms with E-state index in [0.717, 1.165) is 25.0 Å². The van der Waals surface area contributed by atoms with E-state index in [1.807, 2.05) is 37.3 Å². The highest BCUT2D eigenvalue weighted by molar-refractivity contribution is 5.80. The predicted octanol–water partition coefficient (Wildman–Crippen LogP) is 2.64. The zero-order valence-electron chi connectivity index (χ0n) is 14.8. The third-order valence-corrected chi connectivity index (χ3v) is 4.25. The van der Waals surface area contributed by atoms with E-state index in [2.05, 4.69) is 0 Å². The molecule has 1 aliphatic rings. The van der Waals surface area contributed by atoms with Gasteiger partial charge in [0.2, 0.25) is 0 Å². The Bertz CT molecular complexity index is 474. The van der Waals surface area contributed by atoms with Gasteiger partial charge in [0.1, 0.15) is 6.10 Å². The van der Waals surface area contributed by atoms with Crippen LogP contribution in [0, 0.1) is 0 Å². The van der Waals surface area contributed by atoms with Crippen molar-refractivity contribution in [2.45, 2.75) is 44.9 Å². The van der Waals surface area contributed by atoms with Gasteiger partial charge in [-0.2, -0.15) is 0 Å². The SMILES string of the molecule is COCCN(Cc1ccccc1)C(=O)C(C)OCC1CCCCO1. The minimum absolute atomic E-state index is 0.00767. The van der Waals surface area contributed by atoms with E-state index in [-0.39, 0.29) is 12.0 Å². The number of ether oxygens (including phenoxy) is 3. The molecule has 1 heterocycles. The zero-order valence-corrected chi connectivity index (χ0v) is 14.8. The zero-order chi connectivity index (χ0) is 17.2. The molecular formula is C19H29NO4. The van der Waals surface area contributed by atoms with E-state index in [9.17, 15) is 4.79 Å². The molecule has 0 saturated carbocycles. The number of methoxy groups -OCH3 is 1. The quantitative estimate of drug-likeness (QED) is 0.696. The summed E-state index contributed by atoms with van der Waals surface area (Å²) in [5.41, 5.74) is 1.10. The van der Waals surface area contributed by atoms with Crippen LogP contribution >= 0.6 is 0 Å². The van der Waals surface area contributed by atoms with Crippen molar-refractivity contribution in [3.63, 3.8) is 0 Å². The molecule has 1 saturated heterocycles. The first-order valence-corrected chi connectivity index (χ1v) is 8.75. The maximum atomic E-state index is 12.7. The summed E-state index contributed by atoms with van der Waals surface area (Å²) >= 11 is 0. The second-order valence-corrected chi connectivity index (χ2v) is 6.20. The molecule has 0 bridgehead atoms. The molecule has 2 unspecified atom stereocenters. The fraction of sp³-hybridized carbons (Fsp3) is 0.632. The van der Waals surface area contributed by atoms with Crippen molar-refractivity contribution in [1.29, 1.82) is 0 Å². The van der Waals surface area contributed by atoms with Gasteiger partial charge >= 0.3 is 0 Å². The van der Waals surface area contributed by atoms with Crippen LogP contribution in [-0.4, -0.2) is 56.5 Å². The minimum Gasteiger partial charge on any atom is -0.383 e. The summed E-state index contributed by atoms with van der Waals surface area (Å²) in [7, 11) is 1.64. The Balaban J connectivity index is 1.87. The molecule has 1 aromatic rings. The van der Waals surface area contributed by atoms with Crippen molar-refractivity contribution in [2.24, 2.45) is 0 Å². The summed E-state index contributed by atoms with van der Waals surface area (Å²) in [6.45, 7) is 4.72. The molecular weight excluding hydrogens is 306 g/mol. The first-order valence-electron chi connectivity index (χ1n) is 8.75. The predicted molar refractivity (Wildman–Crippen MR) is 92.7 cm³/mol. The maximum absolute atomic E-state index is 12.7. The standard InChI is InChI=1S/C19H29NO4/c1-16(24-15-18-10-6-7-12-23-18)19(21)20(11-13-22-2)14-17-8-4-3-5-9-17/h3-5,8-9,16,18H,6-7,10-15H2,1-2H3. The molecule has 0 aliphatic carbocycles. The third-order valence-electron chi connectivity index (χ3n) is 4.25. The van der Waals surface area contributed by atoms with Gasteiger partial charge in [0, 0.05) is 26.8 Å². The van der Waals surface area contributed by atoms with Crippen molar-refractivity contribution in [2.75, 3.05) is 33.5 Å². The van der Waals surface area contributed by atoms with Crippen LogP contribution in [0.3, 0.4) is 0 Å². The van der Waals surface area contributed by atoms with Gasteiger partial charge in [-0.3, -0.25) is 4.79 Å². The molecule has 0 aromatic heterocycles. The molecule has 2 rings (SSSR count). The van der Waals surface area contributed by atoms with Crippen LogP contribution in [-0.2, 0) is 25.5 Å². The number of carbonyl (C=O) groups excluding carboxylic acids is 1. The summed E-state index contributed by atoms with van der Waals surface area (Å²) in [5, 5.41) is 0. The Morgan fingerprint density at radius 3 is 2.79 bits per heavy atom. The van der Waals surface area contributed by atoms with Crippen molar-refractivity contribution >= 4 is 5.91 Å². The number of amides is 1. The Morgan fingerprint density at radius 1 is 1.33 bits per heavy atom. The number of hydrogen-bond donors (Lipinski definition) is 0. The maximum Gasteiger partial charge on any atom is 0.251 e. The summed E-state index contributed by atoms with van der Waals surface area (Å²) < 4.78 is 16.6. The van der Waals surface area contributed by atoms with Gasteiger partial charge in [0.15, 0.2) is 0 Å². The van der Waals surface area contributed by atoms with Crippen molar-refractivity contribution in [1.82, 2.24) is 4.90 Å². The Labute approximate surface area is 144 Å². The van der Waals surface area contributed by atoms with Crippen molar-refractivity contribution in [3.8, 4) is 0 Å². The summed E-state index contributed by atoms with van der Waals surface area (Å²) in [6, 6.07) is 9.98. The summed E-state index contributed by atoms with van der Waals surface area (Å²) in [4.78, 5) is 14.5.